The molecule has 0 amide bonds. The van der Waals surface area contributed by atoms with Gasteiger partial charge in [-0.1, -0.05) is 0 Å². The third kappa shape index (κ3) is 2.01. The Hall–Kier alpha value is -1.46. The molecule has 0 saturated carbocycles. The van der Waals surface area contributed by atoms with Crippen molar-refractivity contribution in [2.75, 3.05) is 0 Å². The Kier molecular flexibility index (Phi) is 2.73. The van der Waals surface area contributed by atoms with Crippen LogP contribution in [0.3, 0.4) is 0 Å². The molecule has 0 fully saturated rings. The molecule has 0 bridgehead atoms. The summed E-state index contributed by atoms with van der Waals surface area (Å²) in [5.74, 6) is 3.80. The van der Waals surface area contributed by atoms with Crippen molar-refractivity contribution in [3.8, 4) is 0 Å². The number of hydrogen-bond donors (Lipinski definition) is 2. The number of carbonyl (C=O) groups is 1. The van der Waals surface area contributed by atoms with Gasteiger partial charge in [-0.2, -0.15) is 0 Å². The second-order valence-corrected chi connectivity index (χ2v) is 2.15. The van der Waals surface area contributed by atoms with Crippen molar-refractivity contribution in [2.24, 2.45) is 5.90 Å². The molecule has 3 N–H and O–H groups in total. The van der Waals surface area contributed by atoms with Gasteiger partial charge < -0.3 is 5.11 Å². The molecule has 0 aromatic carbocycles. The summed E-state index contributed by atoms with van der Waals surface area (Å²) in [5, 5.41) is 8.51. The zero-order valence-corrected chi connectivity index (χ0v) is 6.23. The van der Waals surface area contributed by atoms with Gasteiger partial charge in [0.1, 0.15) is 6.61 Å². The van der Waals surface area contributed by atoms with Crippen LogP contribution < -0.4 is 5.90 Å². The van der Waals surface area contributed by atoms with Crippen molar-refractivity contribution in [3.63, 3.8) is 0 Å². The first-order valence-corrected chi connectivity index (χ1v) is 3.24. The van der Waals surface area contributed by atoms with E-state index in [1.54, 1.807) is 6.07 Å². The van der Waals surface area contributed by atoms with Crippen molar-refractivity contribution in [1.82, 2.24) is 4.98 Å². The van der Waals surface area contributed by atoms with Gasteiger partial charge in [-0.3, -0.25) is 9.82 Å². The van der Waals surface area contributed by atoms with Gasteiger partial charge in [-0.05, 0) is 12.1 Å². The van der Waals surface area contributed by atoms with Crippen molar-refractivity contribution < 1.29 is 14.7 Å². The number of nitrogens with zero attached hydrogens (tertiary/aromatic N) is 1. The highest BCUT2D eigenvalue weighted by Crippen LogP contribution is 2.00. The summed E-state index contributed by atoms with van der Waals surface area (Å²) in [6.45, 7) is 0.180. The summed E-state index contributed by atoms with van der Waals surface area (Å²) in [7, 11) is 0. The van der Waals surface area contributed by atoms with Crippen molar-refractivity contribution in [1.29, 1.82) is 0 Å². The Balaban J connectivity index is 2.78. The summed E-state index contributed by atoms with van der Waals surface area (Å²) in [6, 6.07) is 3.00. The lowest BCUT2D eigenvalue weighted by atomic mass is 10.2. The molecule has 0 saturated heterocycles. The Bertz CT molecular complexity index is 270. The number of hydrogen-bond acceptors (Lipinski definition) is 4. The van der Waals surface area contributed by atoms with E-state index in [0.29, 0.717) is 5.69 Å². The average Bonchev–Trinajstić information content (AvgIpc) is 2.06. The number of carboxylic acid groups (broad SMARTS) is 1. The van der Waals surface area contributed by atoms with Gasteiger partial charge in [-0.25, -0.2) is 10.7 Å². The first-order chi connectivity index (χ1) is 5.74. The molecule has 5 heteroatoms. The SMILES string of the molecule is NOCc1ccc(C(=O)O)cn1. The van der Waals surface area contributed by atoms with Gasteiger partial charge in [0.2, 0.25) is 0 Å². The van der Waals surface area contributed by atoms with E-state index in [-0.39, 0.29) is 12.2 Å². The maximum absolute atomic E-state index is 10.4. The first kappa shape index (κ1) is 8.63. The molecule has 1 heterocycles. The lowest BCUT2D eigenvalue weighted by Crippen LogP contribution is -2.02. The first-order valence-electron chi connectivity index (χ1n) is 3.24. The molecule has 1 aromatic heterocycles. The minimum absolute atomic E-state index is 0.149. The Morgan fingerprint density at radius 2 is 2.42 bits per heavy atom. The average molecular weight is 168 g/mol. The van der Waals surface area contributed by atoms with Crippen LogP contribution in [0.5, 0.6) is 0 Å². The van der Waals surface area contributed by atoms with Gasteiger partial charge in [0, 0.05) is 6.20 Å². The summed E-state index contributed by atoms with van der Waals surface area (Å²) >= 11 is 0. The van der Waals surface area contributed by atoms with Gasteiger partial charge in [-0.15, -0.1) is 0 Å². The fraction of sp³-hybridized carbons (Fsp3) is 0.143. The fourth-order valence-corrected chi connectivity index (χ4v) is 0.722. The van der Waals surface area contributed by atoms with Crippen molar-refractivity contribution in [3.05, 3.63) is 29.6 Å². The Morgan fingerprint density at radius 1 is 1.67 bits per heavy atom. The standard InChI is InChI=1S/C7H8N2O3/c8-12-4-6-2-1-5(3-9-6)7(10)11/h1-3H,4,8H2,(H,10,11). The second-order valence-electron chi connectivity index (χ2n) is 2.15. The molecular formula is C7H8N2O3. The lowest BCUT2D eigenvalue weighted by molar-refractivity contribution is 0.0696. The van der Waals surface area contributed by atoms with Crippen LogP contribution >= 0.6 is 0 Å². The van der Waals surface area contributed by atoms with Crippen LogP contribution in [0.1, 0.15) is 16.1 Å². The largest absolute Gasteiger partial charge is 0.478 e. The molecule has 1 aromatic rings. The maximum Gasteiger partial charge on any atom is 0.337 e. The van der Waals surface area contributed by atoms with Crippen LogP contribution in [0.4, 0.5) is 0 Å². The Morgan fingerprint density at radius 3 is 2.83 bits per heavy atom. The topological polar surface area (TPSA) is 85.4 Å². The van der Waals surface area contributed by atoms with E-state index in [1.807, 2.05) is 0 Å². The third-order valence-corrected chi connectivity index (χ3v) is 1.30. The van der Waals surface area contributed by atoms with Crippen LogP contribution in [-0.4, -0.2) is 16.1 Å². The summed E-state index contributed by atoms with van der Waals surface area (Å²) in [6.07, 6.45) is 1.26. The molecule has 1 rings (SSSR count). The second kappa shape index (κ2) is 3.80. The molecule has 0 aliphatic rings. The van der Waals surface area contributed by atoms with Crippen LogP contribution in [-0.2, 0) is 11.4 Å². The number of aromatic carboxylic acids is 1. The highest BCUT2D eigenvalue weighted by Gasteiger charge is 2.01. The molecule has 0 aliphatic carbocycles. The van der Waals surface area contributed by atoms with E-state index in [2.05, 4.69) is 9.82 Å². The summed E-state index contributed by atoms with van der Waals surface area (Å²) < 4.78 is 0. The quantitative estimate of drug-likeness (QED) is 0.628. The molecule has 0 atom stereocenters. The number of pyridine rings is 1. The van der Waals surface area contributed by atoms with Crippen LogP contribution in [0.25, 0.3) is 0 Å². The van der Waals surface area contributed by atoms with Crippen molar-refractivity contribution in [2.45, 2.75) is 6.61 Å². The molecule has 0 unspecified atom stereocenters. The number of carboxylic acids is 1. The van der Waals surface area contributed by atoms with Crippen LogP contribution in [0.15, 0.2) is 18.3 Å². The lowest BCUT2D eigenvalue weighted by Gasteiger charge is -1.97. The minimum Gasteiger partial charge on any atom is -0.478 e. The van der Waals surface area contributed by atoms with E-state index in [9.17, 15) is 4.79 Å². The maximum atomic E-state index is 10.4. The van der Waals surface area contributed by atoms with Gasteiger partial charge in [0.15, 0.2) is 0 Å². The normalized spacial score (nSPS) is 9.75. The smallest absolute Gasteiger partial charge is 0.337 e. The summed E-state index contributed by atoms with van der Waals surface area (Å²) in [5.41, 5.74) is 0.748. The van der Waals surface area contributed by atoms with E-state index >= 15 is 0 Å². The highest BCUT2D eigenvalue weighted by atomic mass is 16.6. The number of nitrogens with two attached hydrogens (primary N) is 1. The van der Waals surface area contributed by atoms with Gasteiger partial charge in [0.25, 0.3) is 0 Å². The molecule has 0 radical (unpaired) electrons. The predicted molar refractivity (Wildman–Crippen MR) is 40.2 cm³/mol. The zero-order chi connectivity index (χ0) is 8.97. The van der Waals surface area contributed by atoms with Crippen LogP contribution in [0.2, 0.25) is 0 Å². The van der Waals surface area contributed by atoms with Gasteiger partial charge in [0.05, 0.1) is 11.3 Å². The monoisotopic (exact) mass is 168 g/mol. The fourth-order valence-electron chi connectivity index (χ4n) is 0.722. The molecule has 5 nitrogen and oxygen atoms in total. The molecular weight excluding hydrogens is 160 g/mol. The van der Waals surface area contributed by atoms with E-state index < -0.39 is 5.97 Å². The molecule has 0 aliphatic heterocycles. The van der Waals surface area contributed by atoms with E-state index in [4.69, 9.17) is 11.0 Å². The third-order valence-electron chi connectivity index (χ3n) is 1.30. The van der Waals surface area contributed by atoms with E-state index in [0.717, 1.165) is 0 Å². The van der Waals surface area contributed by atoms with Crippen LogP contribution in [0, 0.1) is 0 Å². The zero-order valence-electron chi connectivity index (χ0n) is 6.23. The van der Waals surface area contributed by atoms with E-state index in [1.165, 1.54) is 12.3 Å². The highest BCUT2D eigenvalue weighted by molar-refractivity contribution is 5.87. The molecule has 12 heavy (non-hydrogen) atoms. The van der Waals surface area contributed by atoms with Gasteiger partial charge >= 0.3 is 5.97 Å². The minimum atomic E-state index is -0.997. The number of rotatable bonds is 3. The molecule has 0 spiro atoms. The van der Waals surface area contributed by atoms with Crippen molar-refractivity contribution >= 4 is 5.97 Å². The summed E-state index contributed by atoms with van der Waals surface area (Å²) in [4.78, 5) is 18.5. The predicted octanol–water partition coefficient (Wildman–Crippen LogP) is 0.170. The Labute approximate surface area is 68.7 Å². The number of aromatic nitrogens is 1. The molecule has 64 valence electrons.